The van der Waals surface area contributed by atoms with E-state index in [9.17, 15) is 4.79 Å². The highest BCUT2D eigenvalue weighted by atomic mass is 79.9. The van der Waals surface area contributed by atoms with Gasteiger partial charge in [-0.3, -0.25) is 4.79 Å². The molecule has 0 aliphatic heterocycles. The van der Waals surface area contributed by atoms with Crippen LogP contribution in [0.15, 0.2) is 81.7 Å². The summed E-state index contributed by atoms with van der Waals surface area (Å²) in [7, 11) is 0. The SMILES string of the molecule is Cc1cccc(NC(CC(=O)c2ccc(Br)cc2)c2ccc(Br)cc2)c1. The second-order valence-electron chi connectivity index (χ2n) is 6.25. The zero-order chi connectivity index (χ0) is 18.5. The summed E-state index contributed by atoms with van der Waals surface area (Å²) in [6.07, 6.45) is 0.386. The molecular weight excluding hydrogens is 454 g/mol. The Kier molecular flexibility index (Phi) is 6.28. The highest BCUT2D eigenvalue weighted by molar-refractivity contribution is 9.10. The predicted octanol–water partition coefficient (Wildman–Crippen LogP) is 6.95. The zero-order valence-corrected chi connectivity index (χ0v) is 17.5. The van der Waals surface area contributed by atoms with Crippen LogP contribution >= 0.6 is 31.9 Å². The summed E-state index contributed by atoms with van der Waals surface area (Å²) in [6.45, 7) is 2.06. The number of nitrogens with one attached hydrogen (secondary N) is 1. The monoisotopic (exact) mass is 471 g/mol. The molecule has 0 amide bonds. The molecule has 0 fully saturated rings. The number of anilines is 1. The third-order valence-corrected chi connectivity index (χ3v) is 5.24. The van der Waals surface area contributed by atoms with Crippen LogP contribution in [-0.4, -0.2) is 5.78 Å². The van der Waals surface area contributed by atoms with Crippen LogP contribution in [0.1, 0.15) is 33.9 Å². The minimum Gasteiger partial charge on any atom is -0.378 e. The van der Waals surface area contributed by atoms with E-state index in [0.717, 1.165) is 25.8 Å². The largest absolute Gasteiger partial charge is 0.378 e. The van der Waals surface area contributed by atoms with E-state index in [1.54, 1.807) is 0 Å². The first-order valence-electron chi connectivity index (χ1n) is 8.39. The van der Waals surface area contributed by atoms with Crippen molar-refractivity contribution in [3.8, 4) is 0 Å². The molecule has 0 aromatic heterocycles. The van der Waals surface area contributed by atoms with Gasteiger partial charge in [0.2, 0.25) is 0 Å². The third-order valence-electron chi connectivity index (χ3n) is 4.19. The summed E-state index contributed by atoms with van der Waals surface area (Å²) in [5, 5.41) is 3.52. The van der Waals surface area contributed by atoms with Gasteiger partial charge in [0.15, 0.2) is 5.78 Å². The number of rotatable bonds is 6. The Bertz CT molecular complexity index is 889. The predicted molar refractivity (Wildman–Crippen MR) is 115 cm³/mol. The van der Waals surface area contributed by atoms with Gasteiger partial charge in [-0.05, 0) is 54.4 Å². The Balaban J connectivity index is 1.85. The molecule has 3 aromatic carbocycles. The number of benzene rings is 3. The van der Waals surface area contributed by atoms with E-state index < -0.39 is 0 Å². The summed E-state index contributed by atoms with van der Waals surface area (Å²) in [5.74, 6) is 0.116. The molecule has 0 heterocycles. The Morgan fingerprint density at radius 1 is 0.923 bits per heavy atom. The lowest BCUT2D eigenvalue weighted by atomic mass is 9.97. The first-order valence-corrected chi connectivity index (χ1v) is 9.97. The summed E-state index contributed by atoms with van der Waals surface area (Å²) < 4.78 is 1.99. The first kappa shape index (κ1) is 18.9. The number of carbonyl (C=O) groups is 1. The van der Waals surface area contributed by atoms with Crippen molar-refractivity contribution in [3.05, 3.63) is 98.4 Å². The van der Waals surface area contributed by atoms with E-state index in [4.69, 9.17) is 0 Å². The fraction of sp³-hybridized carbons (Fsp3) is 0.136. The van der Waals surface area contributed by atoms with E-state index in [0.29, 0.717) is 6.42 Å². The van der Waals surface area contributed by atoms with Gasteiger partial charge in [-0.1, -0.05) is 68.3 Å². The molecule has 1 atom stereocenters. The van der Waals surface area contributed by atoms with Gasteiger partial charge in [-0.2, -0.15) is 0 Å². The van der Waals surface area contributed by atoms with E-state index >= 15 is 0 Å². The molecule has 0 saturated carbocycles. The Labute approximate surface area is 170 Å². The summed E-state index contributed by atoms with van der Waals surface area (Å²) >= 11 is 6.89. The second-order valence-corrected chi connectivity index (χ2v) is 8.08. The maximum atomic E-state index is 12.8. The lowest BCUT2D eigenvalue weighted by Crippen LogP contribution is -2.16. The molecule has 0 radical (unpaired) electrons. The molecule has 2 nitrogen and oxygen atoms in total. The summed E-state index contributed by atoms with van der Waals surface area (Å²) in [4.78, 5) is 12.8. The van der Waals surface area contributed by atoms with E-state index in [-0.39, 0.29) is 11.8 Å². The highest BCUT2D eigenvalue weighted by Gasteiger charge is 2.17. The van der Waals surface area contributed by atoms with Crippen molar-refractivity contribution in [1.29, 1.82) is 0 Å². The minimum atomic E-state index is -0.0963. The fourth-order valence-corrected chi connectivity index (χ4v) is 3.35. The van der Waals surface area contributed by atoms with Crippen molar-refractivity contribution in [3.63, 3.8) is 0 Å². The fourth-order valence-electron chi connectivity index (χ4n) is 2.82. The standard InChI is InChI=1S/C22H19Br2NO/c1-15-3-2-4-20(13-15)25-21(16-5-9-18(23)10-6-16)14-22(26)17-7-11-19(24)12-8-17/h2-13,21,25H,14H2,1H3. The van der Waals surface area contributed by atoms with Crippen LogP contribution in [0.5, 0.6) is 0 Å². The zero-order valence-electron chi connectivity index (χ0n) is 14.4. The molecule has 132 valence electrons. The number of Topliss-reactive ketones (excluding diaryl/α,β-unsaturated/α-hetero) is 1. The highest BCUT2D eigenvalue weighted by Crippen LogP contribution is 2.26. The van der Waals surface area contributed by atoms with Crippen molar-refractivity contribution in [2.75, 3.05) is 5.32 Å². The number of ketones is 1. The topological polar surface area (TPSA) is 29.1 Å². The number of halogens is 2. The normalized spacial score (nSPS) is 11.8. The van der Waals surface area contributed by atoms with Gasteiger partial charge in [0.25, 0.3) is 0 Å². The number of aryl methyl sites for hydroxylation is 1. The van der Waals surface area contributed by atoms with E-state index in [1.165, 1.54) is 5.56 Å². The van der Waals surface area contributed by atoms with Gasteiger partial charge < -0.3 is 5.32 Å². The van der Waals surface area contributed by atoms with Crippen molar-refractivity contribution in [2.45, 2.75) is 19.4 Å². The number of hydrogen-bond acceptors (Lipinski definition) is 2. The Morgan fingerprint density at radius 3 is 2.15 bits per heavy atom. The van der Waals surface area contributed by atoms with E-state index in [2.05, 4.69) is 56.2 Å². The molecule has 0 saturated heterocycles. The lowest BCUT2D eigenvalue weighted by Gasteiger charge is -2.20. The van der Waals surface area contributed by atoms with Crippen LogP contribution < -0.4 is 5.32 Å². The maximum Gasteiger partial charge on any atom is 0.165 e. The molecule has 0 aliphatic carbocycles. The quantitative estimate of drug-likeness (QED) is 0.393. The third kappa shape index (κ3) is 5.05. The molecule has 3 aromatic rings. The average molecular weight is 473 g/mol. The van der Waals surface area contributed by atoms with Gasteiger partial charge in [0.05, 0.1) is 6.04 Å². The van der Waals surface area contributed by atoms with Gasteiger partial charge in [-0.15, -0.1) is 0 Å². The van der Waals surface area contributed by atoms with Gasteiger partial charge >= 0.3 is 0 Å². The average Bonchev–Trinajstić information content (AvgIpc) is 2.62. The smallest absolute Gasteiger partial charge is 0.165 e. The van der Waals surface area contributed by atoms with Gasteiger partial charge in [0.1, 0.15) is 0 Å². The lowest BCUT2D eigenvalue weighted by molar-refractivity contribution is 0.0976. The molecule has 1 unspecified atom stereocenters. The van der Waals surface area contributed by atoms with Crippen LogP contribution in [0.4, 0.5) is 5.69 Å². The molecule has 0 aliphatic rings. The second kappa shape index (κ2) is 8.65. The molecule has 26 heavy (non-hydrogen) atoms. The Hall–Kier alpha value is -1.91. The van der Waals surface area contributed by atoms with Crippen molar-refractivity contribution < 1.29 is 4.79 Å². The van der Waals surface area contributed by atoms with Crippen molar-refractivity contribution in [1.82, 2.24) is 0 Å². The van der Waals surface area contributed by atoms with Gasteiger partial charge in [-0.25, -0.2) is 0 Å². The van der Waals surface area contributed by atoms with Crippen LogP contribution in [0.3, 0.4) is 0 Å². The van der Waals surface area contributed by atoms with Crippen LogP contribution in [0.2, 0.25) is 0 Å². The molecular formula is C22H19Br2NO. The van der Waals surface area contributed by atoms with Crippen LogP contribution in [-0.2, 0) is 0 Å². The summed E-state index contributed by atoms with van der Waals surface area (Å²) in [6, 6.07) is 23.7. The maximum absolute atomic E-state index is 12.8. The van der Waals surface area contributed by atoms with Crippen LogP contribution in [0, 0.1) is 6.92 Å². The minimum absolute atomic E-state index is 0.0963. The van der Waals surface area contributed by atoms with Gasteiger partial charge in [0, 0.05) is 26.6 Å². The summed E-state index contributed by atoms with van der Waals surface area (Å²) in [5.41, 5.74) is 4.01. The van der Waals surface area contributed by atoms with E-state index in [1.807, 2.05) is 60.7 Å². The van der Waals surface area contributed by atoms with Crippen LogP contribution in [0.25, 0.3) is 0 Å². The van der Waals surface area contributed by atoms with Crippen molar-refractivity contribution >= 4 is 43.3 Å². The molecule has 0 spiro atoms. The molecule has 3 rings (SSSR count). The molecule has 1 N–H and O–H groups in total. The first-order chi connectivity index (χ1) is 12.5. The molecule has 0 bridgehead atoms. The number of hydrogen-bond donors (Lipinski definition) is 1. The molecule has 4 heteroatoms. The number of carbonyl (C=O) groups excluding carboxylic acids is 1. The van der Waals surface area contributed by atoms with Crippen molar-refractivity contribution in [2.24, 2.45) is 0 Å². The Morgan fingerprint density at radius 2 is 1.54 bits per heavy atom.